The summed E-state index contributed by atoms with van der Waals surface area (Å²) in [6.07, 6.45) is 3.07. The Morgan fingerprint density at radius 3 is 2.44 bits per heavy atom. The fourth-order valence-corrected chi connectivity index (χ4v) is 6.86. The van der Waals surface area contributed by atoms with Gasteiger partial charge in [-0.1, -0.05) is 43.3 Å². The molecule has 1 amide bonds. The van der Waals surface area contributed by atoms with Gasteiger partial charge in [0, 0.05) is 56.5 Å². The molecule has 0 spiro atoms. The number of amides is 1. The number of carboxylic acid groups (broad SMARTS) is 1. The number of benzene rings is 1. The molecule has 6 heterocycles. The smallest absolute Gasteiger partial charge is 0.354 e. The molecule has 10 nitrogen and oxygen atoms in total. The lowest BCUT2D eigenvalue weighted by Gasteiger charge is -2.26. The largest absolute Gasteiger partial charge is 0.477 e. The molecule has 1 aromatic carbocycles. The summed E-state index contributed by atoms with van der Waals surface area (Å²) in [5, 5.41) is 13.9. The van der Waals surface area contributed by atoms with Crippen LogP contribution in [0.25, 0.3) is 5.65 Å². The van der Waals surface area contributed by atoms with Gasteiger partial charge in [-0.05, 0) is 42.7 Å². The van der Waals surface area contributed by atoms with Crippen molar-refractivity contribution in [3.8, 4) is 0 Å². The van der Waals surface area contributed by atoms with Crippen LogP contribution in [-0.4, -0.2) is 80.7 Å². The van der Waals surface area contributed by atoms with E-state index in [1.165, 1.54) is 11.6 Å². The first-order chi connectivity index (χ1) is 19.8. The van der Waals surface area contributed by atoms with Crippen LogP contribution in [0.2, 0.25) is 0 Å². The van der Waals surface area contributed by atoms with Crippen molar-refractivity contribution in [1.82, 2.24) is 24.5 Å². The van der Waals surface area contributed by atoms with Crippen molar-refractivity contribution in [2.75, 3.05) is 49.1 Å². The number of nitrogens with zero attached hydrogens (tertiary/aromatic N) is 7. The number of carbonyl (C=O) groups excluding carboxylic acids is 1. The standard InChI is InChI=1S/C31H33N7O3/c1-20-13-24(35-12-11-31(2,19-35)23-7-4-3-5-8-23)18-38-28(20)33-27(34-38)29(39)37-16-21-14-36(15-22(21)17-37)26-10-6-9-25(32-26)30(40)41/h3-10,13,18,21-22H,11-12,14-17,19H2,1-2H3,(H,40,41)/t21?,22?,31-/m0/s1. The number of rotatable bonds is 5. The molecule has 2 unspecified atom stereocenters. The summed E-state index contributed by atoms with van der Waals surface area (Å²) in [6.45, 7) is 8.97. The molecular formula is C31H33N7O3. The Bertz CT molecular complexity index is 1640. The third kappa shape index (κ3) is 4.47. The number of aromatic nitrogens is 4. The van der Waals surface area contributed by atoms with Gasteiger partial charge in [0.1, 0.15) is 5.82 Å². The van der Waals surface area contributed by atoms with E-state index in [0.717, 1.165) is 43.9 Å². The second-order valence-corrected chi connectivity index (χ2v) is 12.0. The first-order valence-corrected chi connectivity index (χ1v) is 14.2. The molecule has 0 aliphatic carbocycles. The van der Waals surface area contributed by atoms with Crippen molar-refractivity contribution in [2.45, 2.75) is 25.7 Å². The van der Waals surface area contributed by atoms with Crippen LogP contribution < -0.4 is 9.80 Å². The second-order valence-electron chi connectivity index (χ2n) is 12.0. The number of carbonyl (C=O) groups is 2. The monoisotopic (exact) mass is 551 g/mol. The minimum atomic E-state index is -1.03. The van der Waals surface area contributed by atoms with Crippen LogP contribution in [0.4, 0.5) is 11.5 Å². The molecule has 4 aromatic rings. The van der Waals surface area contributed by atoms with Gasteiger partial charge >= 0.3 is 5.97 Å². The van der Waals surface area contributed by atoms with Crippen LogP contribution in [0.1, 0.15) is 45.6 Å². The quantitative estimate of drug-likeness (QED) is 0.402. The van der Waals surface area contributed by atoms with Crippen molar-refractivity contribution in [2.24, 2.45) is 11.8 Å². The van der Waals surface area contributed by atoms with Crippen LogP contribution in [-0.2, 0) is 5.41 Å². The molecule has 210 valence electrons. The van der Waals surface area contributed by atoms with Gasteiger partial charge in [0.25, 0.3) is 5.91 Å². The van der Waals surface area contributed by atoms with Gasteiger partial charge in [0.05, 0.1) is 11.9 Å². The normalized spacial score (nSPS) is 23.9. The summed E-state index contributed by atoms with van der Waals surface area (Å²) >= 11 is 0. The van der Waals surface area contributed by atoms with E-state index in [1.807, 2.05) is 24.1 Å². The van der Waals surface area contributed by atoms with Gasteiger partial charge in [-0.15, -0.1) is 5.10 Å². The van der Waals surface area contributed by atoms with Gasteiger partial charge in [0.2, 0.25) is 5.82 Å². The highest BCUT2D eigenvalue weighted by molar-refractivity contribution is 5.91. The zero-order valence-corrected chi connectivity index (χ0v) is 23.3. The molecule has 41 heavy (non-hydrogen) atoms. The minimum absolute atomic E-state index is 0.0441. The maximum absolute atomic E-state index is 13.5. The Balaban J connectivity index is 1.05. The summed E-state index contributed by atoms with van der Waals surface area (Å²) in [6, 6.07) is 17.9. The molecule has 1 N–H and O–H groups in total. The van der Waals surface area contributed by atoms with Crippen LogP contribution >= 0.6 is 0 Å². The van der Waals surface area contributed by atoms with Gasteiger partial charge in [-0.3, -0.25) is 4.79 Å². The van der Waals surface area contributed by atoms with E-state index in [9.17, 15) is 14.7 Å². The number of fused-ring (bicyclic) bond motifs is 2. The minimum Gasteiger partial charge on any atom is -0.477 e. The van der Waals surface area contributed by atoms with E-state index in [1.54, 1.807) is 10.6 Å². The molecule has 7 rings (SSSR count). The number of hydrogen-bond acceptors (Lipinski definition) is 7. The molecule has 0 saturated carbocycles. The number of aromatic carboxylic acids is 1. The van der Waals surface area contributed by atoms with E-state index >= 15 is 0 Å². The van der Waals surface area contributed by atoms with Crippen molar-refractivity contribution in [3.63, 3.8) is 0 Å². The number of anilines is 2. The first-order valence-electron chi connectivity index (χ1n) is 14.2. The highest BCUT2D eigenvalue weighted by atomic mass is 16.4. The molecule has 3 aliphatic rings. The molecule has 0 bridgehead atoms. The molecule has 3 atom stereocenters. The Hall–Kier alpha value is -4.47. The predicted octanol–water partition coefficient (Wildman–Crippen LogP) is 3.51. The first kappa shape index (κ1) is 25.5. The summed E-state index contributed by atoms with van der Waals surface area (Å²) in [5.41, 5.74) is 4.28. The van der Waals surface area contributed by atoms with Gasteiger partial charge in [0.15, 0.2) is 11.3 Å². The van der Waals surface area contributed by atoms with Crippen molar-refractivity contribution in [3.05, 3.63) is 83.4 Å². The van der Waals surface area contributed by atoms with E-state index in [4.69, 9.17) is 0 Å². The van der Waals surface area contributed by atoms with E-state index in [-0.39, 0.29) is 22.8 Å². The fraction of sp³-hybridized carbons (Fsp3) is 0.387. The zero-order chi connectivity index (χ0) is 28.3. The number of hydrogen-bond donors (Lipinski definition) is 1. The molecule has 3 aliphatic heterocycles. The van der Waals surface area contributed by atoms with Crippen LogP contribution in [0.3, 0.4) is 0 Å². The summed E-state index contributed by atoms with van der Waals surface area (Å²) < 4.78 is 1.76. The number of pyridine rings is 2. The molecule has 3 aromatic heterocycles. The van der Waals surface area contributed by atoms with Gasteiger partial charge < -0.3 is 19.8 Å². The molecular weight excluding hydrogens is 518 g/mol. The van der Waals surface area contributed by atoms with E-state index in [2.05, 4.69) is 68.2 Å². The second kappa shape index (κ2) is 9.57. The van der Waals surface area contributed by atoms with Crippen LogP contribution in [0.15, 0.2) is 60.8 Å². The van der Waals surface area contributed by atoms with Crippen molar-refractivity contribution < 1.29 is 14.7 Å². The lowest BCUT2D eigenvalue weighted by Crippen LogP contribution is -2.34. The highest BCUT2D eigenvalue weighted by Gasteiger charge is 2.43. The van der Waals surface area contributed by atoms with Crippen LogP contribution in [0, 0.1) is 18.8 Å². The summed E-state index contributed by atoms with van der Waals surface area (Å²) in [5.74, 6) is 0.333. The third-order valence-electron chi connectivity index (χ3n) is 9.15. The van der Waals surface area contributed by atoms with Crippen molar-refractivity contribution >= 4 is 29.0 Å². The Morgan fingerprint density at radius 2 is 1.71 bits per heavy atom. The zero-order valence-electron chi connectivity index (χ0n) is 23.3. The number of carboxylic acids is 1. The lowest BCUT2D eigenvalue weighted by atomic mass is 9.82. The van der Waals surface area contributed by atoms with Crippen LogP contribution in [0.5, 0.6) is 0 Å². The molecule has 10 heteroatoms. The van der Waals surface area contributed by atoms with Crippen molar-refractivity contribution in [1.29, 1.82) is 0 Å². The number of likely N-dealkylation sites (tertiary alicyclic amines) is 1. The van der Waals surface area contributed by atoms with E-state index < -0.39 is 5.97 Å². The summed E-state index contributed by atoms with van der Waals surface area (Å²) in [4.78, 5) is 40.2. The SMILES string of the molecule is Cc1cc(N2CC[C@](C)(c3ccccc3)C2)cn2nc(C(=O)N3CC4CN(c5cccc(C(=O)O)n5)CC4C3)nc12. The molecule has 0 radical (unpaired) electrons. The number of aryl methyl sites for hydroxylation is 1. The van der Waals surface area contributed by atoms with Gasteiger partial charge in [-0.25, -0.2) is 19.3 Å². The van der Waals surface area contributed by atoms with Gasteiger partial charge in [-0.2, -0.15) is 0 Å². The Kier molecular flexibility index (Phi) is 5.95. The highest BCUT2D eigenvalue weighted by Crippen LogP contribution is 2.37. The third-order valence-corrected chi connectivity index (χ3v) is 9.15. The topological polar surface area (TPSA) is 107 Å². The average molecular weight is 552 g/mol. The molecule has 3 saturated heterocycles. The Morgan fingerprint density at radius 1 is 0.951 bits per heavy atom. The van der Waals surface area contributed by atoms with E-state index in [0.29, 0.717) is 36.4 Å². The predicted molar refractivity (Wildman–Crippen MR) is 155 cm³/mol. The average Bonchev–Trinajstić information content (AvgIpc) is 3.76. The maximum Gasteiger partial charge on any atom is 0.354 e. The Labute approximate surface area is 238 Å². The summed E-state index contributed by atoms with van der Waals surface area (Å²) in [7, 11) is 0. The fourth-order valence-electron chi connectivity index (χ4n) is 6.86. The molecule has 3 fully saturated rings. The lowest BCUT2D eigenvalue weighted by molar-refractivity contribution is 0.0689. The maximum atomic E-state index is 13.5.